The number of benzene rings is 1. The molecule has 0 amide bonds. The Morgan fingerprint density at radius 3 is 2.52 bits per heavy atom. The predicted molar refractivity (Wildman–Crippen MR) is 89.7 cm³/mol. The minimum atomic E-state index is -3.36. The van der Waals surface area contributed by atoms with E-state index in [-0.39, 0.29) is 23.8 Å². The highest BCUT2D eigenvalue weighted by atomic mass is 32.2. The first kappa shape index (κ1) is 17.5. The van der Waals surface area contributed by atoms with Crippen molar-refractivity contribution in [2.45, 2.75) is 13.1 Å². The molecule has 2 rings (SSSR count). The normalized spacial score (nSPS) is 11.5. The van der Waals surface area contributed by atoms with Gasteiger partial charge in [0.1, 0.15) is 0 Å². The molecule has 0 unspecified atom stereocenters. The van der Waals surface area contributed by atoms with Crippen molar-refractivity contribution in [1.82, 2.24) is 10.0 Å². The van der Waals surface area contributed by atoms with Gasteiger partial charge in [0, 0.05) is 31.1 Å². The van der Waals surface area contributed by atoms with Gasteiger partial charge in [0.2, 0.25) is 10.0 Å². The summed E-state index contributed by atoms with van der Waals surface area (Å²) in [6.45, 7) is 0.937. The highest BCUT2D eigenvalue weighted by molar-refractivity contribution is 7.89. The van der Waals surface area contributed by atoms with Crippen molar-refractivity contribution in [1.29, 1.82) is 0 Å². The molecule has 0 atom stereocenters. The van der Waals surface area contributed by atoms with E-state index < -0.39 is 14.9 Å². The Balaban J connectivity index is 1.71. The first-order chi connectivity index (χ1) is 11.0. The summed E-state index contributed by atoms with van der Waals surface area (Å²) < 4.78 is 26.3. The van der Waals surface area contributed by atoms with Crippen LogP contribution in [0.5, 0.6) is 0 Å². The second-order valence-corrected chi connectivity index (χ2v) is 7.67. The fourth-order valence-electron chi connectivity index (χ4n) is 1.85. The van der Waals surface area contributed by atoms with Crippen LogP contribution in [0.3, 0.4) is 0 Å². The zero-order valence-corrected chi connectivity index (χ0v) is 13.9. The van der Waals surface area contributed by atoms with Crippen LogP contribution in [0.15, 0.2) is 41.8 Å². The van der Waals surface area contributed by atoms with Gasteiger partial charge in [-0.1, -0.05) is 41.7 Å². The van der Waals surface area contributed by atoms with Crippen LogP contribution < -0.4 is 10.0 Å². The molecule has 0 fully saturated rings. The first-order valence-electron chi connectivity index (χ1n) is 6.90. The largest absolute Gasteiger partial charge is 0.324 e. The van der Waals surface area contributed by atoms with Gasteiger partial charge in [0.25, 0.3) is 0 Å². The topological polar surface area (TPSA) is 101 Å². The SMILES string of the molecule is O=[N+]([O-])c1cc(CNCCS(=O)(=O)NCc2ccccc2)cs1. The molecular formula is C14H17N3O4S2. The number of hydrogen-bond donors (Lipinski definition) is 2. The molecule has 0 spiro atoms. The van der Waals surface area contributed by atoms with Gasteiger partial charge in [0.05, 0.1) is 10.7 Å². The minimum Gasteiger partial charge on any atom is -0.312 e. The number of rotatable bonds is 9. The lowest BCUT2D eigenvalue weighted by Crippen LogP contribution is -2.31. The summed E-state index contributed by atoms with van der Waals surface area (Å²) in [5.41, 5.74) is 1.67. The molecule has 1 aromatic carbocycles. The van der Waals surface area contributed by atoms with Crippen LogP contribution in [-0.2, 0) is 23.1 Å². The van der Waals surface area contributed by atoms with Gasteiger partial charge < -0.3 is 5.32 Å². The first-order valence-corrected chi connectivity index (χ1v) is 9.43. The van der Waals surface area contributed by atoms with Crippen LogP contribution in [0.2, 0.25) is 0 Å². The van der Waals surface area contributed by atoms with Crippen LogP contribution in [-0.4, -0.2) is 25.6 Å². The lowest BCUT2D eigenvalue weighted by atomic mass is 10.2. The van der Waals surface area contributed by atoms with E-state index in [9.17, 15) is 18.5 Å². The Morgan fingerprint density at radius 1 is 1.13 bits per heavy atom. The van der Waals surface area contributed by atoms with E-state index in [2.05, 4.69) is 10.0 Å². The van der Waals surface area contributed by atoms with Crippen molar-refractivity contribution in [3.05, 3.63) is 63.0 Å². The Hall–Kier alpha value is -1.81. The quantitative estimate of drug-likeness (QED) is 0.406. The Labute approximate surface area is 138 Å². The van der Waals surface area contributed by atoms with Crippen molar-refractivity contribution in [2.75, 3.05) is 12.3 Å². The molecule has 7 nitrogen and oxygen atoms in total. The summed E-state index contributed by atoms with van der Waals surface area (Å²) in [7, 11) is -3.36. The third kappa shape index (κ3) is 6.06. The smallest absolute Gasteiger partial charge is 0.312 e. The Morgan fingerprint density at radius 2 is 1.87 bits per heavy atom. The van der Waals surface area contributed by atoms with Crippen molar-refractivity contribution < 1.29 is 13.3 Å². The third-order valence-corrected chi connectivity index (χ3v) is 5.29. The molecule has 0 radical (unpaired) electrons. The van der Waals surface area contributed by atoms with Gasteiger partial charge in [-0.2, -0.15) is 0 Å². The molecule has 0 aliphatic heterocycles. The third-order valence-electron chi connectivity index (χ3n) is 3.04. The van der Waals surface area contributed by atoms with E-state index in [1.165, 1.54) is 6.07 Å². The van der Waals surface area contributed by atoms with E-state index in [4.69, 9.17) is 0 Å². The van der Waals surface area contributed by atoms with Gasteiger partial charge in [-0.05, 0) is 11.1 Å². The van der Waals surface area contributed by atoms with Gasteiger partial charge in [-0.25, -0.2) is 13.1 Å². The number of hydrogen-bond acceptors (Lipinski definition) is 6. The van der Waals surface area contributed by atoms with Crippen molar-refractivity contribution >= 4 is 26.4 Å². The molecule has 0 bridgehead atoms. The Bertz CT molecular complexity index is 744. The number of nitrogens with zero attached hydrogens (tertiary/aromatic N) is 1. The fraction of sp³-hybridized carbons (Fsp3) is 0.286. The minimum absolute atomic E-state index is 0.0495. The zero-order chi connectivity index (χ0) is 16.7. The summed E-state index contributed by atoms with van der Waals surface area (Å²) >= 11 is 1.06. The average Bonchev–Trinajstić information content (AvgIpc) is 3.00. The predicted octanol–water partition coefficient (Wildman–Crippen LogP) is 1.87. The summed E-state index contributed by atoms with van der Waals surface area (Å²) in [6, 6.07) is 10.8. The van der Waals surface area contributed by atoms with Crippen LogP contribution >= 0.6 is 11.3 Å². The van der Waals surface area contributed by atoms with E-state index in [0.29, 0.717) is 6.54 Å². The van der Waals surface area contributed by atoms with Crippen LogP contribution in [0.25, 0.3) is 0 Å². The maximum Gasteiger partial charge on any atom is 0.324 e. The molecule has 23 heavy (non-hydrogen) atoms. The van der Waals surface area contributed by atoms with Crippen molar-refractivity contribution in [3.8, 4) is 0 Å². The van der Waals surface area contributed by atoms with Crippen LogP contribution in [0.1, 0.15) is 11.1 Å². The number of nitro groups is 1. The maximum absolute atomic E-state index is 11.9. The molecule has 9 heteroatoms. The maximum atomic E-state index is 11.9. The number of sulfonamides is 1. The second kappa shape index (κ2) is 8.16. The molecule has 2 aromatic rings. The van der Waals surface area contributed by atoms with E-state index >= 15 is 0 Å². The Kier molecular flexibility index (Phi) is 6.22. The van der Waals surface area contributed by atoms with Crippen molar-refractivity contribution in [2.24, 2.45) is 0 Å². The van der Waals surface area contributed by atoms with E-state index in [0.717, 1.165) is 22.5 Å². The fourth-order valence-corrected chi connectivity index (χ4v) is 3.52. The van der Waals surface area contributed by atoms with Crippen LogP contribution in [0, 0.1) is 10.1 Å². The molecular weight excluding hydrogens is 338 g/mol. The monoisotopic (exact) mass is 355 g/mol. The van der Waals surface area contributed by atoms with Crippen molar-refractivity contribution in [3.63, 3.8) is 0 Å². The average molecular weight is 355 g/mol. The highest BCUT2D eigenvalue weighted by Gasteiger charge is 2.11. The standard InChI is InChI=1S/C14H17N3O4S2/c18-17(19)14-8-13(11-22-14)9-15-6-7-23(20,21)16-10-12-4-2-1-3-5-12/h1-5,8,11,15-16H,6-7,9-10H2. The zero-order valence-electron chi connectivity index (χ0n) is 12.3. The molecule has 124 valence electrons. The molecule has 0 saturated carbocycles. The van der Waals surface area contributed by atoms with E-state index in [1.807, 2.05) is 30.3 Å². The van der Waals surface area contributed by atoms with Gasteiger partial charge in [0.15, 0.2) is 0 Å². The summed E-state index contributed by atoms with van der Waals surface area (Å²) in [5, 5.41) is 15.3. The van der Waals surface area contributed by atoms with Crippen LogP contribution in [0.4, 0.5) is 5.00 Å². The summed E-state index contributed by atoms with van der Waals surface area (Å²) in [6.07, 6.45) is 0. The lowest BCUT2D eigenvalue weighted by Gasteiger charge is -2.07. The molecule has 0 saturated heterocycles. The summed E-state index contributed by atoms with van der Waals surface area (Å²) in [4.78, 5) is 10.1. The lowest BCUT2D eigenvalue weighted by molar-refractivity contribution is -0.380. The number of nitrogens with one attached hydrogen (secondary N) is 2. The van der Waals surface area contributed by atoms with E-state index in [1.54, 1.807) is 5.38 Å². The molecule has 1 aromatic heterocycles. The summed E-state index contributed by atoms with van der Waals surface area (Å²) in [5.74, 6) is -0.0495. The van der Waals surface area contributed by atoms with Gasteiger partial charge in [-0.3, -0.25) is 10.1 Å². The second-order valence-electron chi connectivity index (χ2n) is 4.85. The highest BCUT2D eigenvalue weighted by Crippen LogP contribution is 2.22. The molecule has 2 N–H and O–H groups in total. The van der Waals surface area contributed by atoms with Gasteiger partial charge >= 0.3 is 5.00 Å². The number of thiophene rings is 1. The molecule has 1 heterocycles. The van der Waals surface area contributed by atoms with Gasteiger partial charge in [-0.15, -0.1) is 0 Å². The molecule has 0 aliphatic carbocycles. The molecule has 0 aliphatic rings.